The molecule has 1 aromatic heterocycles. The third-order valence-corrected chi connectivity index (χ3v) is 3.04. The molecule has 0 bridgehead atoms. The number of halogens is 2. The molecule has 110 valence electrons. The molecule has 0 spiro atoms. The molecule has 0 aliphatic rings. The Bertz CT molecular complexity index is 725. The van der Waals surface area contributed by atoms with Gasteiger partial charge in [-0.1, -0.05) is 18.2 Å². The summed E-state index contributed by atoms with van der Waals surface area (Å²) in [7, 11) is 1.17. The van der Waals surface area contributed by atoms with Crippen molar-refractivity contribution in [1.29, 1.82) is 0 Å². The van der Waals surface area contributed by atoms with Crippen LogP contribution in [0.25, 0.3) is 0 Å². The van der Waals surface area contributed by atoms with E-state index in [9.17, 15) is 18.4 Å². The maximum absolute atomic E-state index is 14.0. The van der Waals surface area contributed by atoms with Crippen molar-refractivity contribution in [2.24, 2.45) is 0 Å². The van der Waals surface area contributed by atoms with Crippen LogP contribution in [-0.4, -0.2) is 17.6 Å². The highest BCUT2D eigenvalue weighted by atomic mass is 19.2. The number of pyridine rings is 1. The number of carbonyl (C=O) groups excluding carboxylic acids is 1. The summed E-state index contributed by atoms with van der Waals surface area (Å²) in [4.78, 5) is 22.7. The highest BCUT2D eigenvalue weighted by molar-refractivity contribution is 5.72. The molecule has 6 heteroatoms. The van der Waals surface area contributed by atoms with Gasteiger partial charge in [-0.25, -0.2) is 8.78 Å². The number of esters is 1. The molecular formula is C15H13F2NO3. The van der Waals surface area contributed by atoms with Gasteiger partial charge in [0.05, 0.1) is 20.1 Å². The van der Waals surface area contributed by atoms with Gasteiger partial charge in [-0.15, -0.1) is 0 Å². The van der Waals surface area contributed by atoms with Gasteiger partial charge in [0, 0.05) is 23.4 Å². The standard InChI is InChI=1S/C15H13F2NO3/c1-21-13(20)8-10-5-6-11(15(17)14(10)16)9-18-7-3-2-4-12(18)19/h2-7H,8-9H2,1H3. The van der Waals surface area contributed by atoms with Gasteiger partial charge in [0.15, 0.2) is 11.6 Å². The number of hydrogen-bond donors (Lipinski definition) is 0. The summed E-state index contributed by atoms with van der Waals surface area (Å²) in [5.74, 6) is -2.81. The van der Waals surface area contributed by atoms with Gasteiger partial charge in [0.1, 0.15) is 0 Å². The van der Waals surface area contributed by atoms with Gasteiger partial charge in [0.2, 0.25) is 0 Å². The Balaban J connectivity index is 2.31. The zero-order valence-corrected chi connectivity index (χ0v) is 11.3. The van der Waals surface area contributed by atoms with Gasteiger partial charge in [-0.3, -0.25) is 9.59 Å². The number of nitrogens with zero attached hydrogens (tertiary/aromatic N) is 1. The number of carbonyl (C=O) groups is 1. The molecule has 0 atom stereocenters. The molecule has 2 aromatic rings. The van der Waals surface area contributed by atoms with Crippen LogP contribution in [0.2, 0.25) is 0 Å². The zero-order chi connectivity index (χ0) is 15.4. The summed E-state index contributed by atoms with van der Waals surface area (Å²) < 4.78 is 33.6. The largest absolute Gasteiger partial charge is 0.469 e. The van der Waals surface area contributed by atoms with Crippen LogP contribution < -0.4 is 5.56 Å². The van der Waals surface area contributed by atoms with E-state index in [4.69, 9.17) is 0 Å². The van der Waals surface area contributed by atoms with E-state index in [2.05, 4.69) is 4.74 Å². The Kier molecular flexibility index (Phi) is 4.47. The molecule has 0 unspecified atom stereocenters. The average Bonchev–Trinajstić information content (AvgIpc) is 2.48. The summed E-state index contributed by atoms with van der Waals surface area (Å²) in [5.41, 5.74) is -0.353. The van der Waals surface area contributed by atoms with Crippen LogP contribution in [0.1, 0.15) is 11.1 Å². The van der Waals surface area contributed by atoms with E-state index < -0.39 is 17.6 Å². The van der Waals surface area contributed by atoms with Gasteiger partial charge in [0.25, 0.3) is 5.56 Å². The lowest BCUT2D eigenvalue weighted by atomic mass is 10.1. The SMILES string of the molecule is COC(=O)Cc1ccc(Cn2ccccc2=O)c(F)c1F. The first-order chi connectivity index (χ1) is 10.0. The van der Waals surface area contributed by atoms with E-state index >= 15 is 0 Å². The summed E-state index contributed by atoms with van der Waals surface area (Å²) in [5, 5.41) is 0. The van der Waals surface area contributed by atoms with Crippen LogP contribution in [0, 0.1) is 11.6 Å². The third kappa shape index (κ3) is 3.34. The number of hydrogen-bond acceptors (Lipinski definition) is 3. The molecule has 0 fully saturated rings. The van der Waals surface area contributed by atoms with Crippen LogP contribution in [0.4, 0.5) is 8.78 Å². The summed E-state index contributed by atoms with van der Waals surface area (Å²) in [6, 6.07) is 7.20. The number of aromatic nitrogens is 1. The highest BCUT2D eigenvalue weighted by Crippen LogP contribution is 2.18. The van der Waals surface area contributed by atoms with E-state index in [0.717, 1.165) is 0 Å². The van der Waals surface area contributed by atoms with E-state index in [1.165, 1.54) is 36.1 Å². The fourth-order valence-electron chi connectivity index (χ4n) is 1.89. The molecule has 1 heterocycles. The number of methoxy groups -OCH3 is 1. The first kappa shape index (κ1) is 14.9. The minimum atomic E-state index is -1.10. The molecule has 0 amide bonds. The summed E-state index contributed by atoms with van der Waals surface area (Å²) in [6.07, 6.45) is 1.15. The van der Waals surface area contributed by atoms with Gasteiger partial charge in [-0.2, -0.15) is 0 Å². The number of ether oxygens (including phenoxy) is 1. The van der Waals surface area contributed by atoms with E-state index in [1.54, 1.807) is 12.1 Å². The Hall–Kier alpha value is -2.50. The highest BCUT2D eigenvalue weighted by Gasteiger charge is 2.16. The van der Waals surface area contributed by atoms with Crippen molar-refractivity contribution >= 4 is 5.97 Å². The fraction of sp³-hybridized carbons (Fsp3) is 0.200. The van der Waals surface area contributed by atoms with Gasteiger partial charge < -0.3 is 9.30 Å². The normalized spacial score (nSPS) is 10.4. The van der Waals surface area contributed by atoms with E-state index in [0.29, 0.717) is 0 Å². The molecule has 1 aromatic carbocycles. The van der Waals surface area contributed by atoms with Crippen molar-refractivity contribution in [3.8, 4) is 0 Å². The first-order valence-electron chi connectivity index (χ1n) is 6.21. The quantitative estimate of drug-likeness (QED) is 0.809. The van der Waals surface area contributed by atoms with Gasteiger partial charge in [-0.05, 0) is 6.07 Å². The lowest BCUT2D eigenvalue weighted by Gasteiger charge is -2.09. The van der Waals surface area contributed by atoms with Crippen LogP contribution in [-0.2, 0) is 22.5 Å². The van der Waals surface area contributed by atoms with Crippen LogP contribution in [0.5, 0.6) is 0 Å². The lowest BCUT2D eigenvalue weighted by molar-refractivity contribution is -0.139. The second-order valence-corrected chi connectivity index (χ2v) is 4.43. The Morgan fingerprint density at radius 1 is 1.14 bits per heavy atom. The predicted molar refractivity (Wildman–Crippen MR) is 71.9 cm³/mol. The Labute approximate surface area is 119 Å². The smallest absolute Gasteiger partial charge is 0.310 e. The molecule has 0 radical (unpaired) electrons. The molecule has 0 aliphatic carbocycles. The first-order valence-corrected chi connectivity index (χ1v) is 6.21. The van der Waals surface area contributed by atoms with E-state index in [1.807, 2.05) is 0 Å². The van der Waals surface area contributed by atoms with E-state index in [-0.39, 0.29) is 29.7 Å². The predicted octanol–water partition coefficient (Wildman–Crippen LogP) is 1.89. The van der Waals surface area contributed by atoms with Crippen molar-refractivity contribution in [3.63, 3.8) is 0 Å². The van der Waals surface area contributed by atoms with Gasteiger partial charge >= 0.3 is 5.97 Å². The second-order valence-electron chi connectivity index (χ2n) is 4.43. The molecule has 4 nitrogen and oxygen atoms in total. The summed E-state index contributed by atoms with van der Waals surface area (Å²) >= 11 is 0. The minimum absolute atomic E-state index is 0.0365. The molecule has 0 saturated carbocycles. The summed E-state index contributed by atoms with van der Waals surface area (Å²) in [6.45, 7) is -0.0824. The van der Waals surface area contributed by atoms with Crippen molar-refractivity contribution in [2.75, 3.05) is 7.11 Å². The van der Waals surface area contributed by atoms with Crippen LogP contribution >= 0.6 is 0 Å². The number of benzene rings is 1. The average molecular weight is 293 g/mol. The molecule has 21 heavy (non-hydrogen) atoms. The van der Waals surface area contributed by atoms with Crippen molar-refractivity contribution in [1.82, 2.24) is 4.57 Å². The maximum Gasteiger partial charge on any atom is 0.310 e. The van der Waals surface area contributed by atoms with Crippen molar-refractivity contribution in [2.45, 2.75) is 13.0 Å². The molecule has 2 rings (SSSR count). The fourth-order valence-corrected chi connectivity index (χ4v) is 1.89. The second kappa shape index (κ2) is 6.30. The number of rotatable bonds is 4. The molecule has 0 aliphatic heterocycles. The van der Waals surface area contributed by atoms with Crippen LogP contribution in [0.3, 0.4) is 0 Å². The topological polar surface area (TPSA) is 48.3 Å². The third-order valence-electron chi connectivity index (χ3n) is 3.04. The van der Waals surface area contributed by atoms with Crippen molar-refractivity contribution in [3.05, 3.63) is 69.6 Å². The van der Waals surface area contributed by atoms with Crippen LogP contribution in [0.15, 0.2) is 41.3 Å². The lowest BCUT2D eigenvalue weighted by Crippen LogP contribution is -2.19. The Morgan fingerprint density at radius 3 is 2.48 bits per heavy atom. The Morgan fingerprint density at radius 2 is 1.81 bits per heavy atom. The maximum atomic E-state index is 14.0. The minimum Gasteiger partial charge on any atom is -0.469 e. The molecular weight excluding hydrogens is 280 g/mol. The monoisotopic (exact) mass is 293 g/mol. The molecule has 0 N–H and O–H groups in total. The zero-order valence-electron chi connectivity index (χ0n) is 11.3. The molecule has 0 saturated heterocycles. The van der Waals surface area contributed by atoms with Crippen molar-refractivity contribution < 1.29 is 18.3 Å².